The molecule has 1 aliphatic heterocycles. The third kappa shape index (κ3) is 2.72. The van der Waals surface area contributed by atoms with Crippen LogP contribution in [0.1, 0.15) is 30.7 Å². The molecular formula is C19H20ClN3O2. The van der Waals surface area contributed by atoms with Crippen molar-refractivity contribution in [1.82, 2.24) is 10.1 Å². The second kappa shape index (κ2) is 6.23. The van der Waals surface area contributed by atoms with Crippen LogP contribution in [0, 0.1) is 13.8 Å². The van der Waals surface area contributed by atoms with Crippen LogP contribution in [0.4, 0.5) is 5.69 Å². The van der Waals surface area contributed by atoms with Crippen LogP contribution in [0.5, 0.6) is 0 Å². The predicted molar refractivity (Wildman–Crippen MR) is 101 cm³/mol. The Hall–Kier alpha value is -2.27. The lowest BCUT2D eigenvalue weighted by molar-refractivity contribution is 0.393. The van der Waals surface area contributed by atoms with Crippen LogP contribution in [0.25, 0.3) is 22.0 Å². The van der Waals surface area contributed by atoms with E-state index in [0.717, 1.165) is 53.8 Å². The summed E-state index contributed by atoms with van der Waals surface area (Å²) < 4.78 is 5.34. The lowest BCUT2D eigenvalue weighted by Gasteiger charge is -2.31. The van der Waals surface area contributed by atoms with Crippen molar-refractivity contribution in [2.24, 2.45) is 0 Å². The normalized spacial score (nSPS) is 15.1. The van der Waals surface area contributed by atoms with E-state index in [1.807, 2.05) is 26.0 Å². The minimum atomic E-state index is -0.121. The molecule has 6 heteroatoms. The number of piperidine rings is 1. The van der Waals surface area contributed by atoms with Crippen LogP contribution >= 0.6 is 11.6 Å². The maximum absolute atomic E-state index is 13.0. The van der Waals surface area contributed by atoms with Crippen LogP contribution in [-0.4, -0.2) is 23.2 Å². The number of rotatable bonds is 2. The Morgan fingerprint density at radius 1 is 1.16 bits per heavy atom. The first kappa shape index (κ1) is 16.2. The Bertz CT molecular complexity index is 980. The fourth-order valence-electron chi connectivity index (χ4n) is 3.77. The summed E-state index contributed by atoms with van der Waals surface area (Å²) in [6.45, 7) is 5.58. The zero-order valence-corrected chi connectivity index (χ0v) is 15.1. The molecule has 130 valence electrons. The molecule has 0 atom stereocenters. The van der Waals surface area contributed by atoms with Gasteiger partial charge in [0.2, 0.25) is 0 Å². The Morgan fingerprint density at radius 3 is 2.60 bits per heavy atom. The number of H-pyrrole nitrogens is 1. The molecule has 1 saturated heterocycles. The molecule has 25 heavy (non-hydrogen) atoms. The van der Waals surface area contributed by atoms with Gasteiger partial charge in [-0.2, -0.15) is 0 Å². The molecule has 3 aromatic rings. The number of hydrogen-bond donors (Lipinski definition) is 1. The third-order valence-electron chi connectivity index (χ3n) is 4.90. The highest BCUT2D eigenvalue weighted by Crippen LogP contribution is 2.38. The van der Waals surface area contributed by atoms with Crippen LogP contribution in [0.2, 0.25) is 5.02 Å². The summed E-state index contributed by atoms with van der Waals surface area (Å²) in [6, 6.07) is 5.59. The van der Waals surface area contributed by atoms with Crippen molar-refractivity contribution >= 4 is 28.2 Å². The standard InChI is InChI=1S/C19H20ClN3O2/c1-11-16(12(2)25-22-11)17-18(23-8-4-3-5-9-23)14-10-13(20)6-7-15(14)21-19(17)24/h6-7,10H,3-5,8-9H2,1-2H3,(H,21,24). The molecule has 3 heterocycles. The average Bonchev–Trinajstić information content (AvgIpc) is 2.93. The average molecular weight is 358 g/mol. The molecule has 2 aromatic heterocycles. The van der Waals surface area contributed by atoms with E-state index in [-0.39, 0.29) is 5.56 Å². The van der Waals surface area contributed by atoms with Crippen molar-refractivity contribution in [3.8, 4) is 11.1 Å². The zero-order valence-electron chi connectivity index (χ0n) is 14.4. The summed E-state index contributed by atoms with van der Waals surface area (Å²) in [6.07, 6.45) is 3.46. The molecule has 0 radical (unpaired) electrons. The smallest absolute Gasteiger partial charge is 0.258 e. The van der Waals surface area contributed by atoms with Gasteiger partial charge in [0.05, 0.1) is 28.0 Å². The highest BCUT2D eigenvalue weighted by atomic mass is 35.5. The molecule has 4 rings (SSSR count). The van der Waals surface area contributed by atoms with Crippen LogP contribution < -0.4 is 10.5 Å². The molecule has 1 N–H and O–H groups in total. The van der Waals surface area contributed by atoms with Crippen molar-refractivity contribution in [3.05, 3.63) is 45.0 Å². The van der Waals surface area contributed by atoms with Gasteiger partial charge in [-0.25, -0.2) is 0 Å². The highest BCUT2D eigenvalue weighted by molar-refractivity contribution is 6.31. The number of nitrogens with zero attached hydrogens (tertiary/aromatic N) is 2. The molecule has 0 unspecified atom stereocenters. The van der Waals surface area contributed by atoms with Crippen LogP contribution in [-0.2, 0) is 0 Å². The third-order valence-corrected chi connectivity index (χ3v) is 5.14. The van der Waals surface area contributed by atoms with E-state index < -0.39 is 0 Å². The number of aryl methyl sites for hydroxylation is 2. The molecule has 0 bridgehead atoms. The van der Waals surface area contributed by atoms with E-state index in [1.165, 1.54) is 6.42 Å². The monoisotopic (exact) mass is 357 g/mol. The number of hydrogen-bond acceptors (Lipinski definition) is 4. The predicted octanol–water partition coefficient (Wildman–Crippen LogP) is 4.44. The van der Waals surface area contributed by atoms with E-state index in [9.17, 15) is 4.79 Å². The highest BCUT2D eigenvalue weighted by Gasteiger charge is 2.25. The number of aromatic amines is 1. The van der Waals surface area contributed by atoms with E-state index in [4.69, 9.17) is 16.1 Å². The summed E-state index contributed by atoms with van der Waals surface area (Å²) in [5.41, 5.74) is 3.75. The van der Waals surface area contributed by atoms with Crippen LogP contribution in [0.15, 0.2) is 27.5 Å². The van der Waals surface area contributed by atoms with Crippen molar-refractivity contribution in [3.63, 3.8) is 0 Å². The Labute approximate surface area is 150 Å². The maximum Gasteiger partial charge on any atom is 0.258 e. The van der Waals surface area contributed by atoms with Gasteiger partial charge in [0.1, 0.15) is 5.76 Å². The molecule has 1 fully saturated rings. The molecule has 5 nitrogen and oxygen atoms in total. The first-order valence-corrected chi connectivity index (χ1v) is 8.98. The molecule has 0 amide bonds. The first-order valence-electron chi connectivity index (χ1n) is 8.60. The Kier molecular flexibility index (Phi) is 4.04. The SMILES string of the molecule is Cc1noc(C)c1-c1c(N2CCCCC2)c2cc(Cl)ccc2[nH]c1=O. The first-order chi connectivity index (χ1) is 12.1. The summed E-state index contributed by atoms with van der Waals surface area (Å²) >= 11 is 6.27. The second-order valence-electron chi connectivity index (χ2n) is 6.61. The number of anilines is 1. The lowest BCUT2D eigenvalue weighted by atomic mass is 9.98. The number of pyridine rings is 1. The van der Waals surface area contributed by atoms with Crippen molar-refractivity contribution < 1.29 is 4.52 Å². The van der Waals surface area contributed by atoms with Gasteiger partial charge >= 0.3 is 0 Å². The van der Waals surface area contributed by atoms with E-state index in [2.05, 4.69) is 15.0 Å². The minimum absolute atomic E-state index is 0.121. The van der Waals surface area contributed by atoms with Crippen molar-refractivity contribution in [2.75, 3.05) is 18.0 Å². The second-order valence-corrected chi connectivity index (χ2v) is 7.05. The van der Waals surface area contributed by atoms with Gasteiger partial charge < -0.3 is 14.4 Å². The van der Waals surface area contributed by atoms with Crippen molar-refractivity contribution in [1.29, 1.82) is 0 Å². The van der Waals surface area contributed by atoms with E-state index >= 15 is 0 Å². The lowest BCUT2D eigenvalue weighted by Crippen LogP contribution is -2.31. The van der Waals surface area contributed by atoms with Gasteiger partial charge in [-0.3, -0.25) is 4.79 Å². The number of nitrogens with one attached hydrogen (secondary N) is 1. The quantitative estimate of drug-likeness (QED) is 0.736. The molecule has 0 saturated carbocycles. The van der Waals surface area contributed by atoms with Gasteiger partial charge in [-0.1, -0.05) is 16.8 Å². The molecule has 1 aromatic carbocycles. The van der Waals surface area contributed by atoms with Gasteiger partial charge in [-0.15, -0.1) is 0 Å². The Morgan fingerprint density at radius 2 is 1.92 bits per heavy atom. The molecule has 0 spiro atoms. The van der Waals surface area contributed by atoms with Gasteiger partial charge in [0.15, 0.2) is 0 Å². The van der Waals surface area contributed by atoms with Crippen molar-refractivity contribution in [2.45, 2.75) is 33.1 Å². The summed E-state index contributed by atoms with van der Waals surface area (Å²) in [4.78, 5) is 18.3. The number of aromatic nitrogens is 2. The molecular weight excluding hydrogens is 338 g/mol. The molecule has 1 aliphatic rings. The molecule has 0 aliphatic carbocycles. The van der Waals surface area contributed by atoms with E-state index in [0.29, 0.717) is 16.3 Å². The van der Waals surface area contributed by atoms with E-state index in [1.54, 1.807) is 6.07 Å². The van der Waals surface area contributed by atoms with Crippen LogP contribution in [0.3, 0.4) is 0 Å². The van der Waals surface area contributed by atoms with Gasteiger partial charge in [0, 0.05) is 23.5 Å². The van der Waals surface area contributed by atoms with Gasteiger partial charge in [-0.05, 0) is 51.3 Å². The van der Waals surface area contributed by atoms with Gasteiger partial charge in [0.25, 0.3) is 5.56 Å². The number of fused-ring (bicyclic) bond motifs is 1. The Balaban J connectivity index is 2.10. The number of benzene rings is 1. The largest absolute Gasteiger partial charge is 0.370 e. The fourth-order valence-corrected chi connectivity index (χ4v) is 3.94. The summed E-state index contributed by atoms with van der Waals surface area (Å²) in [5, 5.41) is 5.66. The summed E-state index contributed by atoms with van der Waals surface area (Å²) in [7, 11) is 0. The zero-order chi connectivity index (χ0) is 17.6. The fraction of sp³-hybridized carbons (Fsp3) is 0.368. The topological polar surface area (TPSA) is 62.1 Å². The summed E-state index contributed by atoms with van der Waals surface area (Å²) in [5.74, 6) is 0.655. The minimum Gasteiger partial charge on any atom is -0.370 e. The maximum atomic E-state index is 13.0. The number of halogens is 1.